The Kier molecular flexibility index (Phi) is 6.88. The van der Waals surface area contributed by atoms with E-state index in [9.17, 15) is 13.2 Å². The Bertz CT molecular complexity index is 1220. The van der Waals surface area contributed by atoms with E-state index in [2.05, 4.69) is 0 Å². The van der Waals surface area contributed by atoms with Crippen molar-refractivity contribution >= 4 is 27.3 Å². The Hall–Kier alpha value is -2.68. The lowest BCUT2D eigenvalue weighted by atomic mass is 10.1. The number of carbonyl (C=O) groups is 1. The van der Waals surface area contributed by atoms with E-state index in [1.54, 1.807) is 29.2 Å². The first kappa shape index (κ1) is 23.5. The van der Waals surface area contributed by atoms with Crippen LogP contribution in [0, 0.1) is 20.8 Å². The van der Waals surface area contributed by atoms with Crippen molar-refractivity contribution in [2.75, 3.05) is 26.2 Å². The zero-order valence-corrected chi connectivity index (χ0v) is 20.7. The van der Waals surface area contributed by atoms with E-state index in [0.29, 0.717) is 29.5 Å². The van der Waals surface area contributed by atoms with Gasteiger partial charge in [0.05, 0.1) is 9.77 Å². The van der Waals surface area contributed by atoms with Crippen LogP contribution in [-0.2, 0) is 16.6 Å². The molecule has 4 rings (SSSR count). The van der Waals surface area contributed by atoms with Gasteiger partial charge in [-0.15, -0.1) is 11.3 Å². The number of carbonyl (C=O) groups excluding carboxylic acids is 1. The topological polar surface area (TPSA) is 66.9 Å². The van der Waals surface area contributed by atoms with Gasteiger partial charge in [-0.05, 0) is 55.5 Å². The Balaban J connectivity index is 1.35. The Morgan fingerprint density at radius 2 is 1.61 bits per heavy atom. The van der Waals surface area contributed by atoms with Crippen LogP contribution in [0.15, 0.2) is 58.8 Å². The fourth-order valence-electron chi connectivity index (χ4n) is 3.89. The van der Waals surface area contributed by atoms with E-state index in [1.807, 2.05) is 50.4 Å². The predicted octanol–water partition coefficient (Wildman–Crippen LogP) is 4.40. The molecule has 1 aliphatic heterocycles. The molecule has 33 heavy (non-hydrogen) atoms. The Labute approximate surface area is 199 Å². The van der Waals surface area contributed by atoms with Crippen molar-refractivity contribution in [3.05, 3.63) is 81.0 Å². The fourth-order valence-corrected chi connectivity index (χ4v) is 6.18. The highest BCUT2D eigenvalue weighted by Gasteiger charge is 2.30. The minimum atomic E-state index is -3.55. The molecule has 1 aliphatic rings. The highest BCUT2D eigenvalue weighted by Crippen LogP contribution is 2.25. The van der Waals surface area contributed by atoms with Crippen molar-refractivity contribution in [2.45, 2.75) is 32.3 Å². The van der Waals surface area contributed by atoms with Gasteiger partial charge in [0.2, 0.25) is 10.0 Å². The van der Waals surface area contributed by atoms with Crippen molar-refractivity contribution in [2.24, 2.45) is 0 Å². The lowest BCUT2D eigenvalue weighted by Gasteiger charge is -2.33. The van der Waals surface area contributed by atoms with Gasteiger partial charge in [-0.1, -0.05) is 35.9 Å². The van der Waals surface area contributed by atoms with Crippen LogP contribution in [-0.4, -0.2) is 49.7 Å². The molecule has 174 valence electrons. The van der Waals surface area contributed by atoms with Gasteiger partial charge >= 0.3 is 0 Å². The van der Waals surface area contributed by atoms with E-state index in [4.69, 9.17) is 4.74 Å². The van der Waals surface area contributed by atoms with Crippen LogP contribution in [0.1, 0.15) is 31.9 Å². The SMILES string of the molecule is Cc1ccc(S(=O)(=O)N2CCN(C(=O)c3cc(COc4c(C)cccc4C)cs3)CC2)cc1. The third-order valence-electron chi connectivity index (χ3n) is 5.84. The molecule has 6 nitrogen and oxygen atoms in total. The number of sulfonamides is 1. The maximum absolute atomic E-state index is 13.0. The minimum absolute atomic E-state index is 0.0642. The molecule has 3 aromatic rings. The third-order valence-corrected chi connectivity index (χ3v) is 8.72. The van der Waals surface area contributed by atoms with Gasteiger partial charge in [0.25, 0.3) is 5.91 Å². The summed E-state index contributed by atoms with van der Waals surface area (Å²) in [5.41, 5.74) is 4.13. The zero-order valence-electron chi connectivity index (χ0n) is 19.1. The number of amides is 1. The smallest absolute Gasteiger partial charge is 0.264 e. The molecule has 0 unspecified atom stereocenters. The standard InChI is InChI=1S/C25H28N2O4S2/c1-18-7-9-22(10-8-18)33(29,30)27-13-11-26(12-14-27)25(28)23-15-21(17-32-23)16-31-24-19(2)5-4-6-20(24)3/h4-10,15,17H,11-14,16H2,1-3H3. The molecule has 0 atom stereocenters. The van der Waals surface area contributed by atoms with Crippen LogP contribution in [0.3, 0.4) is 0 Å². The summed E-state index contributed by atoms with van der Waals surface area (Å²) in [5, 5.41) is 1.94. The Morgan fingerprint density at radius 3 is 2.24 bits per heavy atom. The molecule has 0 spiro atoms. The number of hydrogen-bond acceptors (Lipinski definition) is 5. The number of rotatable bonds is 6. The summed E-state index contributed by atoms with van der Waals surface area (Å²) in [7, 11) is -3.55. The molecule has 1 aromatic heterocycles. The maximum atomic E-state index is 13.0. The summed E-state index contributed by atoms with van der Waals surface area (Å²) < 4.78 is 33.3. The van der Waals surface area contributed by atoms with Crippen LogP contribution in [0.5, 0.6) is 5.75 Å². The van der Waals surface area contributed by atoms with Gasteiger partial charge < -0.3 is 9.64 Å². The largest absolute Gasteiger partial charge is 0.488 e. The molecular weight excluding hydrogens is 456 g/mol. The predicted molar refractivity (Wildman–Crippen MR) is 130 cm³/mol. The third kappa shape index (κ3) is 5.13. The summed E-state index contributed by atoms with van der Waals surface area (Å²) in [6.45, 7) is 7.68. The normalized spacial score (nSPS) is 14.9. The lowest BCUT2D eigenvalue weighted by Crippen LogP contribution is -2.50. The molecule has 0 bridgehead atoms. The molecule has 0 radical (unpaired) electrons. The van der Waals surface area contributed by atoms with Crippen LogP contribution >= 0.6 is 11.3 Å². The molecule has 0 saturated carbocycles. The molecule has 1 amide bonds. The van der Waals surface area contributed by atoms with Gasteiger partial charge in [-0.3, -0.25) is 4.79 Å². The number of hydrogen-bond donors (Lipinski definition) is 0. The second-order valence-corrected chi connectivity index (χ2v) is 11.2. The van der Waals surface area contributed by atoms with Gasteiger partial charge in [0, 0.05) is 31.7 Å². The summed E-state index contributed by atoms with van der Waals surface area (Å²) >= 11 is 1.40. The first-order valence-electron chi connectivity index (χ1n) is 10.9. The highest BCUT2D eigenvalue weighted by molar-refractivity contribution is 7.89. The number of para-hydroxylation sites is 1. The molecular formula is C25H28N2O4S2. The van der Waals surface area contributed by atoms with E-state index in [-0.39, 0.29) is 19.0 Å². The molecule has 2 aromatic carbocycles. The maximum Gasteiger partial charge on any atom is 0.264 e. The number of ether oxygens (including phenoxy) is 1. The first-order valence-corrected chi connectivity index (χ1v) is 13.2. The van der Waals surface area contributed by atoms with E-state index >= 15 is 0 Å². The Morgan fingerprint density at radius 1 is 0.970 bits per heavy atom. The lowest BCUT2D eigenvalue weighted by molar-refractivity contribution is 0.0702. The van der Waals surface area contributed by atoms with E-state index < -0.39 is 10.0 Å². The number of aryl methyl sites for hydroxylation is 3. The minimum Gasteiger partial charge on any atom is -0.488 e. The van der Waals surface area contributed by atoms with E-state index in [0.717, 1.165) is 28.0 Å². The van der Waals surface area contributed by atoms with Gasteiger partial charge in [0.15, 0.2) is 0 Å². The highest BCUT2D eigenvalue weighted by atomic mass is 32.2. The first-order chi connectivity index (χ1) is 15.8. The van der Waals surface area contributed by atoms with Crippen molar-refractivity contribution in [1.82, 2.24) is 9.21 Å². The van der Waals surface area contributed by atoms with Gasteiger partial charge in [-0.2, -0.15) is 4.31 Å². The van der Waals surface area contributed by atoms with Crippen molar-refractivity contribution < 1.29 is 17.9 Å². The van der Waals surface area contributed by atoms with Crippen LogP contribution < -0.4 is 4.74 Å². The number of nitrogens with zero attached hydrogens (tertiary/aromatic N) is 2. The average Bonchev–Trinajstić information content (AvgIpc) is 3.28. The number of piperazine rings is 1. The van der Waals surface area contributed by atoms with Crippen molar-refractivity contribution in [3.63, 3.8) is 0 Å². The molecule has 2 heterocycles. The van der Waals surface area contributed by atoms with E-state index in [1.165, 1.54) is 15.6 Å². The van der Waals surface area contributed by atoms with Crippen LogP contribution in [0.2, 0.25) is 0 Å². The summed E-state index contributed by atoms with van der Waals surface area (Å²) in [5.74, 6) is 0.813. The van der Waals surface area contributed by atoms with Gasteiger partial charge in [0.1, 0.15) is 12.4 Å². The summed E-state index contributed by atoms with van der Waals surface area (Å²) in [4.78, 5) is 15.6. The summed E-state index contributed by atoms with van der Waals surface area (Å²) in [6.07, 6.45) is 0. The fraction of sp³-hybridized carbons (Fsp3) is 0.320. The number of benzene rings is 2. The average molecular weight is 485 g/mol. The van der Waals surface area contributed by atoms with Crippen LogP contribution in [0.25, 0.3) is 0 Å². The van der Waals surface area contributed by atoms with Crippen LogP contribution in [0.4, 0.5) is 0 Å². The number of thiophene rings is 1. The molecule has 0 N–H and O–H groups in total. The van der Waals surface area contributed by atoms with Crippen molar-refractivity contribution in [3.8, 4) is 5.75 Å². The summed E-state index contributed by atoms with van der Waals surface area (Å²) in [6, 6.07) is 14.8. The molecule has 1 saturated heterocycles. The quantitative estimate of drug-likeness (QED) is 0.520. The molecule has 1 fully saturated rings. The van der Waals surface area contributed by atoms with Crippen molar-refractivity contribution in [1.29, 1.82) is 0 Å². The second kappa shape index (κ2) is 9.67. The van der Waals surface area contributed by atoms with Gasteiger partial charge in [-0.25, -0.2) is 8.42 Å². The molecule has 0 aliphatic carbocycles. The molecule has 8 heteroatoms. The zero-order chi connectivity index (χ0) is 23.6. The monoisotopic (exact) mass is 484 g/mol. The second-order valence-electron chi connectivity index (χ2n) is 8.34.